The van der Waals surface area contributed by atoms with Crippen molar-refractivity contribution >= 4 is 28.7 Å². The molecule has 3 N–H and O–H groups in total. The molecular weight excluding hydrogens is 483 g/mol. The van der Waals surface area contributed by atoms with Crippen molar-refractivity contribution in [3.05, 3.63) is 36.0 Å². The summed E-state index contributed by atoms with van der Waals surface area (Å²) in [6.45, 7) is 4.49. The molecule has 37 heavy (non-hydrogen) atoms. The van der Waals surface area contributed by atoms with Crippen molar-refractivity contribution in [3.63, 3.8) is 0 Å². The fraction of sp³-hybridized carbons (Fsp3) is 0.577. The Kier molecular flexibility index (Phi) is 7.26. The van der Waals surface area contributed by atoms with Gasteiger partial charge in [-0.25, -0.2) is 9.97 Å². The van der Waals surface area contributed by atoms with E-state index in [9.17, 15) is 13.2 Å². The molecule has 2 aliphatic rings. The second kappa shape index (κ2) is 10.4. The molecule has 1 aliphatic carbocycles. The Bertz CT molecular complexity index is 1210. The van der Waals surface area contributed by atoms with Gasteiger partial charge in [-0.05, 0) is 83.2 Å². The summed E-state index contributed by atoms with van der Waals surface area (Å²) < 4.78 is 47.5. The van der Waals surface area contributed by atoms with Gasteiger partial charge in [0.05, 0.1) is 11.8 Å². The summed E-state index contributed by atoms with van der Waals surface area (Å²) in [5.41, 5.74) is 0.746. The fourth-order valence-corrected chi connectivity index (χ4v) is 5.40. The van der Waals surface area contributed by atoms with Crippen LogP contribution in [0.3, 0.4) is 0 Å². The van der Waals surface area contributed by atoms with Gasteiger partial charge in [-0.1, -0.05) is 6.07 Å². The van der Waals surface area contributed by atoms with Crippen molar-refractivity contribution in [3.8, 4) is 0 Å². The van der Waals surface area contributed by atoms with Crippen LogP contribution in [0.4, 0.5) is 30.8 Å². The lowest BCUT2D eigenvalue weighted by atomic mass is 9.86. The van der Waals surface area contributed by atoms with Crippen LogP contribution in [0.25, 0.3) is 11.2 Å². The first kappa shape index (κ1) is 25.7. The number of imidazole rings is 1. The summed E-state index contributed by atoms with van der Waals surface area (Å²) >= 11 is 0. The van der Waals surface area contributed by atoms with E-state index in [1.54, 1.807) is 12.3 Å². The van der Waals surface area contributed by atoms with Crippen molar-refractivity contribution in [1.29, 1.82) is 0 Å². The van der Waals surface area contributed by atoms with Crippen molar-refractivity contribution in [2.75, 3.05) is 37.4 Å². The van der Waals surface area contributed by atoms with Crippen LogP contribution in [0.5, 0.6) is 0 Å². The lowest BCUT2D eigenvalue weighted by molar-refractivity contribution is -0.137. The van der Waals surface area contributed by atoms with E-state index in [-0.39, 0.29) is 11.6 Å². The minimum atomic E-state index is -4.42. The monoisotopic (exact) mass is 517 g/mol. The second-order valence-electron chi connectivity index (χ2n) is 10.4. The normalized spacial score (nSPS) is 22.2. The first-order chi connectivity index (χ1) is 17.7. The highest BCUT2D eigenvalue weighted by Gasteiger charge is 2.32. The van der Waals surface area contributed by atoms with Crippen LogP contribution >= 0.6 is 0 Å². The molecule has 3 heterocycles. The third-order valence-corrected chi connectivity index (χ3v) is 7.56. The molecule has 5 rings (SSSR count). The molecule has 1 saturated heterocycles. The number of rotatable bonds is 7. The third kappa shape index (κ3) is 5.82. The zero-order valence-corrected chi connectivity index (χ0v) is 21.2. The van der Waals surface area contributed by atoms with Crippen LogP contribution in [0, 0.1) is 5.92 Å². The topological polar surface area (TPSA) is 88.9 Å². The molecule has 0 amide bonds. The molecular formula is C26H34F3N7O. The number of aromatic nitrogens is 4. The molecule has 11 heteroatoms. The Morgan fingerprint density at radius 3 is 2.57 bits per heavy atom. The summed E-state index contributed by atoms with van der Waals surface area (Å²) in [6.07, 6.45) is 2.97. The van der Waals surface area contributed by atoms with Crippen molar-refractivity contribution < 1.29 is 17.9 Å². The van der Waals surface area contributed by atoms with Crippen LogP contribution in [0.1, 0.15) is 57.1 Å². The Balaban J connectivity index is 1.50. The van der Waals surface area contributed by atoms with Gasteiger partial charge in [0.1, 0.15) is 5.52 Å². The molecule has 0 atom stereocenters. The molecule has 0 bridgehead atoms. The van der Waals surface area contributed by atoms with Gasteiger partial charge in [-0.15, -0.1) is 0 Å². The van der Waals surface area contributed by atoms with Gasteiger partial charge >= 0.3 is 6.18 Å². The highest BCUT2D eigenvalue weighted by molar-refractivity contribution is 5.76. The fourth-order valence-electron chi connectivity index (χ4n) is 5.40. The van der Waals surface area contributed by atoms with Crippen LogP contribution in [0.15, 0.2) is 30.5 Å². The number of alkyl halides is 3. The zero-order chi connectivity index (χ0) is 26.0. The summed E-state index contributed by atoms with van der Waals surface area (Å²) in [7, 11) is 1.97. The van der Waals surface area contributed by atoms with Gasteiger partial charge < -0.3 is 20.7 Å². The summed E-state index contributed by atoms with van der Waals surface area (Å²) in [4.78, 5) is 14.1. The highest BCUT2D eigenvalue weighted by atomic mass is 19.4. The predicted molar refractivity (Wildman–Crippen MR) is 137 cm³/mol. The van der Waals surface area contributed by atoms with Gasteiger partial charge in [-0.3, -0.25) is 4.57 Å². The third-order valence-electron chi connectivity index (χ3n) is 7.56. The number of hydrogen-bond acceptors (Lipinski definition) is 7. The van der Waals surface area contributed by atoms with Gasteiger partial charge in [0.25, 0.3) is 0 Å². The minimum Gasteiger partial charge on any atom is -0.381 e. The first-order valence-corrected chi connectivity index (χ1v) is 12.9. The average molecular weight is 518 g/mol. The number of hydrogen-bond donors (Lipinski definition) is 3. The summed E-state index contributed by atoms with van der Waals surface area (Å²) in [5, 5.41) is 9.91. The largest absolute Gasteiger partial charge is 0.416 e. The molecule has 1 saturated carbocycles. The standard InChI is InChI=1S/C26H34F3N7O/c1-25(10-12-37-13-11-25)35-23-31-16-21-22(34-23)36(20-8-6-17(7-9-20)15-30-2)24(33-21)32-19-5-3-4-18(14-19)26(27,28)29/h3-5,14,16-17,20,30H,6-13,15H2,1-2H3,(H,32,33)(H,31,34,35). The maximum absolute atomic E-state index is 13.3. The first-order valence-electron chi connectivity index (χ1n) is 12.9. The quantitative estimate of drug-likeness (QED) is 0.380. The van der Waals surface area contributed by atoms with Crippen molar-refractivity contribution in [1.82, 2.24) is 24.8 Å². The SMILES string of the molecule is CNCC1CCC(n2c(Nc3cccc(C(F)(F)F)c3)nc3cnc(NC4(C)CCOCC4)nc32)CC1. The molecule has 3 aromatic rings. The van der Waals surface area contributed by atoms with E-state index in [4.69, 9.17) is 14.7 Å². The van der Waals surface area contributed by atoms with Crippen LogP contribution in [-0.2, 0) is 10.9 Å². The van der Waals surface area contributed by atoms with E-state index in [0.717, 1.165) is 57.2 Å². The Labute approximate surface area is 214 Å². The van der Waals surface area contributed by atoms with E-state index in [2.05, 4.69) is 32.4 Å². The molecule has 2 fully saturated rings. The Morgan fingerprint density at radius 1 is 1.11 bits per heavy atom. The van der Waals surface area contributed by atoms with Gasteiger partial charge in [0.15, 0.2) is 5.65 Å². The van der Waals surface area contributed by atoms with Crippen molar-refractivity contribution in [2.24, 2.45) is 5.92 Å². The van der Waals surface area contributed by atoms with Gasteiger partial charge in [0.2, 0.25) is 11.9 Å². The Morgan fingerprint density at radius 2 is 1.86 bits per heavy atom. The number of nitrogens with zero attached hydrogens (tertiary/aromatic N) is 4. The van der Waals surface area contributed by atoms with Gasteiger partial charge in [0, 0.05) is 30.5 Å². The molecule has 2 aromatic heterocycles. The number of anilines is 3. The maximum Gasteiger partial charge on any atom is 0.416 e. The van der Waals surface area contributed by atoms with E-state index in [1.807, 2.05) is 7.05 Å². The number of benzene rings is 1. The second-order valence-corrected chi connectivity index (χ2v) is 10.4. The smallest absolute Gasteiger partial charge is 0.381 e. The minimum absolute atomic E-state index is 0.132. The number of ether oxygens (including phenoxy) is 1. The highest BCUT2D eigenvalue weighted by Crippen LogP contribution is 2.38. The van der Waals surface area contributed by atoms with Crippen molar-refractivity contribution in [2.45, 2.75) is 63.2 Å². The zero-order valence-electron chi connectivity index (χ0n) is 21.2. The number of nitrogens with one attached hydrogen (secondary N) is 3. The van der Waals surface area contributed by atoms with E-state index < -0.39 is 11.7 Å². The molecule has 0 radical (unpaired) electrons. The molecule has 0 spiro atoms. The van der Waals surface area contributed by atoms with Crippen LogP contribution in [-0.4, -0.2) is 51.9 Å². The Hall–Kier alpha value is -2.92. The molecule has 8 nitrogen and oxygen atoms in total. The predicted octanol–water partition coefficient (Wildman–Crippen LogP) is 5.52. The maximum atomic E-state index is 13.3. The number of halogens is 3. The molecule has 1 aromatic carbocycles. The molecule has 200 valence electrons. The van der Waals surface area contributed by atoms with Crippen LogP contribution in [0.2, 0.25) is 0 Å². The van der Waals surface area contributed by atoms with E-state index >= 15 is 0 Å². The van der Waals surface area contributed by atoms with Gasteiger partial charge in [-0.2, -0.15) is 18.2 Å². The van der Waals surface area contributed by atoms with Crippen LogP contribution < -0.4 is 16.0 Å². The summed E-state index contributed by atoms with van der Waals surface area (Å²) in [5.74, 6) is 1.61. The lowest BCUT2D eigenvalue weighted by Crippen LogP contribution is -2.41. The molecule has 1 aliphatic heterocycles. The summed E-state index contributed by atoms with van der Waals surface area (Å²) in [6, 6.07) is 5.33. The average Bonchev–Trinajstić information content (AvgIpc) is 3.21. The van der Waals surface area contributed by atoms with E-state index in [0.29, 0.717) is 47.9 Å². The molecule has 0 unspecified atom stereocenters. The number of fused-ring (bicyclic) bond motifs is 1. The lowest BCUT2D eigenvalue weighted by Gasteiger charge is -2.34. The van der Waals surface area contributed by atoms with E-state index in [1.165, 1.54) is 6.07 Å².